The minimum atomic E-state index is -0.177. The molecule has 2 aliphatic rings. The Labute approximate surface area is 190 Å². The fourth-order valence-corrected chi connectivity index (χ4v) is 4.34. The summed E-state index contributed by atoms with van der Waals surface area (Å²) in [4.78, 5) is 19.9. The van der Waals surface area contributed by atoms with Crippen molar-refractivity contribution >= 4 is 46.1 Å². The average Bonchev–Trinajstić information content (AvgIpc) is 3.21. The monoisotopic (exact) mass is 448 g/mol. The zero-order valence-electron chi connectivity index (χ0n) is 16.7. The molecule has 0 saturated heterocycles. The van der Waals surface area contributed by atoms with Crippen LogP contribution in [-0.4, -0.2) is 31.5 Å². The maximum absolute atomic E-state index is 13.1. The number of ether oxygens (including phenoxy) is 1. The van der Waals surface area contributed by atoms with Gasteiger partial charge in [-0.05, 0) is 71.8 Å². The predicted octanol–water partition coefficient (Wildman–Crippen LogP) is 5.86. The summed E-state index contributed by atoms with van der Waals surface area (Å²) in [6.45, 7) is 0.552. The number of halogens is 2. The molecule has 0 bridgehead atoms. The minimum absolute atomic E-state index is 0.0610. The Morgan fingerprint density at radius 3 is 2.52 bits per heavy atom. The van der Waals surface area contributed by atoms with E-state index in [0.29, 0.717) is 27.7 Å². The lowest BCUT2D eigenvalue weighted by Gasteiger charge is -2.32. The third-order valence-electron chi connectivity index (χ3n) is 5.54. The lowest BCUT2D eigenvalue weighted by Crippen LogP contribution is -2.39. The summed E-state index contributed by atoms with van der Waals surface area (Å²) in [5, 5.41) is 1.25. The van der Waals surface area contributed by atoms with E-state index in [1.807, 2.05) is 48.5 Å². The number of carbonyl (C=O) groups is 1. The molecule has 5 rings (SSSR count). The number of benzene rings is 3. The van der Waals surface area contributed by atoms with E-state index >= 15 is 0 Å². The highest BCUT2D eigenvalue weighted by molar-refractivity contribution is 6.31. The molecule has 2 aliphatic heterocycles. The molecule has 4 nitrogen and oxygen atoms in total. The van der Waals surface area contributed by atoms with Crippen LogP contribution in [0.25, 0.3) is 5.57 Å². The molecule has 0 aliphatic carbocycles. The van der Waals surface area contributed by atoms with Crippen molar-refractivity contribution in [2.45, 2.75) is 6.23 Å². The molecule has 1 unspecified atom stereocenters. The van der Waals surface area contributed by atoms with Crippen LogP contribution in [-0.2, 0) is 4.74 Å². The molecule has 0 saturated carbocycles. The number of amidine groups is 1. The average molecular weight is 449 g/mol. The second-order valence-corrected chi connectivity index (χ2v) is 8.27. The van der Waals surface area contributed by atoms with Gasteiger partial charge < -0.3 is 4.74 Å². The third-order valence-corrected chi connectivity index (χ3v) is 6.03. The first-order valence-corrected chi connectivity index (χ1v) is 10.6. The van der Waals surface area contributed by atoms with Crippen LogP contribution in [0.15, 0.2) is 77.8 Å². The van der Waals surface area contributed by atoms with E-state index in [9.17, 15) is 4.79 Å². The van der Waals surface area contributed by atoms with Gasteiger partial charge in [0.1, 0.15) is 5.84 Å². The number of anilines is 1. The molecular formula is C25H18Cl2N2O2. The van der Waals surface area contributed by atoms with Gasteiger partial charge in [0.05, 0.1) is 12.2 Å². The number of fused-ring (bicyclic) bond motifs is 3. The predicted molar refractivity (Wildman–Crippen MR) is 125 cm³/mol. The van der Waals surface area contributed by atoms with E-state index in [2.05, 4.69) is 9.89 Å². The van der Waals surface area contributed by atoms with Gasteiger partial charge in [-0.25, -0.2) is 0 Å². The topological polar surface area (TPSA) is 41.9 Å². The number of methoxy groups -OCH3 is 1. The molecule has 3 aromatic carbocycles. The zero-order chi connectivity index (χ0) is 21.5. The van der Waals surface area contributed by atoms with Crippen LogP contribution in [0.2, 0.25) is 10.0 Å². The van der Waals surface area contributed by atoms with Crippen molar-refractivity contribution in [2.24, 2.45) is 4.99 Å². The van der Waals surface area contributed by atoms with E-state index < -0.39 is 0 Å². The quantitative estimate of drug-likeness (QED) is 0.469. The normalized spacial score (nSPS) is 17.0. The van der Waals surface area contributed by atoms with Crippen LogP contribution in [0, 0.1) is 0 Å². The zero-order valence-corrected chi connectivity index (χ0v) is 18.2. The molecule has 31 heavy (non-hydrogen) atoms. The van der Waals surface area contributed by atoms with Crippen molar-refractivity contribution in [3.63, 3.8) is 0 Å². The summed E-state index contributed by atoms with van der Waals surface area (Å²) in [5.41, 5.74) is 5.01. The summed E-state index contributed by atoms with van der Waals surface area (Å²) >= 11 is 12.2. The number of nitrogens with zero attached hydrogens (tertiary/aromatic N) is 2. The van der Waals surface area contributed by atoms with Gasteiger partial charge in [-0.2, -0.15) is 0 Å². The van der Waals surface area contributed by atoms with Crippen molar-refractivity contribution in [3.05, 3.63) is 105 Å². The lowest BCUT2D eigenvalue weighted by atomic mass is 9.90. The van der Waals surface area contributed by atoms with Crippen LogP contribution in [0.5, 0.6) is 0 Å². The maximum Gasteiger partial charge on any atom is 0.193 e. The third kappa shape index (κ3) is 3.57. The van der Waals surface area contributed by atoms with Crippen molar-refractivity contribution < 1.29 is 9.53 Å². The number of ketones is 1. The Morgan fingerprint density at radius 1 is 1.00 bits per heavy atom. The summed E-state index contributed by atoms with van der Waals surface area (Å²) in [6, 6.07) is 20.4. The summed E-state index contributed by atoms with van der Waals surface area (Å²) in [5.74, 6) is 0.778. The van der Waals surface area contributed by atoms with Gasteiger partial charge in [0, 0.05) is 33.8 Å². The van der Waals surface area contributed by atoms with Crippen molar-refractivity contribution in [3.8, 4) is 0 Å². The van der Waals surface area contributed by atoms with Crippen LogP contribution >= 0.6 is 23.2 Å². The fraction of sp³-hybridized carbons (Fsp3) is 0.120. The second-order valence-electron chi connectivity index (χ2n) is 7.40. The Balaban J connectivity index is 1.65. The molecule has 6 heteroatoms. The van der Waals surface area contributed by atoms with E-state index in [-0.39, 0.29) is 12.0 Å². The van der Waals surface area contributed by atoms with E-state index in [1.54, 1.807) is 31.4 Å². The Kier molecular flexibility index (Phi) is 5.14. The first-order chi connectivity index (χ1) is 15.0. The number of rotatable bonds is 4. The Hall–Kier alpha value is -2.92. The molecule has 1 atom stereocenters. The molecule has 154 valence electrons. The highest BCUT2D eigenvalue weighted by atomic mass is 35.5. The number of hydrogen-bond acceptors (Lipinski definition) is 4. The highest BCUT2D eigenvalue weighted by Gasteiger charge is 2.34. The van der Waals surface area contributed by atoms with Gasteiger partial charge in [0.15, 0.2) is 12.0 Å². The molecule has 0 fully saturated rings. The largest absolute Gasteiger partial charge is 0.359 e. The maximum atomic E-state index is 13.1. The van der Waals surface area contributed by atoms with Crippen molar-refractivity contribution in [1.29, 1.82) is 0 Å². The molecule has 0 radical (unpaired) electrons. The lowest BCUT2D eigenvalue weighted by molar-refractivity contribution is 0.103. The molecular weight excluding hydrogens is 431 g/mol. The molecule has 2 heterocycles. The van der Waals surface area contributed by atoms with Gasteiger partial charge in [-0.15, -0.1) is 0 Å². The number of hydrogen-bond donors (Lipinski definition) is 0. The SMILES string of the molecule is COC1CN=C2C=C(c3cccc(Cl)c3)c3cc(C(=O)c4ccc(Cl)cc4)ccc3N21. The number of aliphatic imine (C=N–C) groups is 1. The summed E-state index contributed by atoms with van der Waals surface area (Å²) < 4.78 is 5.64. The van der Waals surface area contributed by atoms with Crippen LogP contribution < -0.4 is 4.90 Å². The molecule has 0 amide bonds. The molecule has 0 aromatic heterocycles. The summed E-state index contributed by atoms with van der Waals surface area (Å²) in [6.07, 6.45) is 1.85. The van der Waals surface area contributed by atoms with E-state index in [4.69, 9.17) is 27.9 Å². The summed E-state index contributed by atoms with van der Waals surface area (Å²) in [7, 11) is 1.68. The van der Waals surface area contributed by atoms with Gasteiger partial charge in [-0.3, -0.25) is 14.7 Å². The van der Waals surface area contributed by atoms with Crippen LogP contribution in [0.4, 0.5) is 5.69 Å². The molecule has 3 aromatic rings. The van der Waals surface area contributed by atoms with Gasteiger partial charge in [0.25, 0.3) is 0 Å². The van der Waals surface area contributed by atoms with Crippen molar-refractivity contribution in [2.75, 3.05) is 18.6 Å². The smallest absolute Gasteiger partial charge is 0.193 e. The van der Waals surface area contributed by atoms with E-state index in [0.717, 1.165) is 28.2 Å². The number of carbonyl (C=O) groups excluding carboxylic acids is 1. The van der Waals surface area contributed by atoms with Gasteiger partial charge in [0.2, 0.25) is 0 Å². The first kappa shape index (κ1) is 20.0. The minimum Gasteiger partial charge on any atom is -0.359 e. The van der Waals surface area contributed by atoms with Gasteiger partial charge >= 0.3 is 0 Å². The van der Waals surface area contributed by atoms with Gasteiger partial charge in [-0.1, -0.05) is 35.3 Å². The Bertz CT molecular complexity index is 1250. The fourth-order valence-electron chi connectivity index (χ4n) is 4.02. The standard InChI is InChI=1S/C25H18Cl2N2O2/c1-31-24-14-28-23-13-20(16-3-2-4-19(27)11-16)21-12-17(7-10-22(21)29(23)24)25(30)15-5-8-18(26)9-6-15/h2-13,24H,14H2,1H3. The van der Waals surface area contributed by atoms with E-state index in [1.165, 1.54) is 0 Å². The van der Waals surface area contributed by atoms with Crippen LogP contribution in [0.1, 0.15) is 27.0 Å². The Morgan fingerprint density at radius 2 is 1.77 bits per heavy atom. The molecule has 0 N–H and O–H groups in total. The highest BCUT2D eigenvalue weighted by Crippen LogP contribution is 2.40. The first-order valence-electron chi connectivity index (χ1n) is 9.84. The molecule has 0 spiro atoms. The van der Waals surface area contributed by atoms with Crippen LogP contribution in [0.3, 0.4) is 0 Å². The van der Waals surface area contributed by atoms with Crippen molar-refractivity contribution in [1.82, 2.24) is 0 Å². The second kappa shape index (κ2) is 7.97.